The average Bonchev–Trinajstić information content (AvgIpc) is 2.47. The number of aromatic nitrogens is 2. The number of nitrogens with one attached hydrogen (secondary N) is 3. The molecule has 1 heterocycles. The Morgan fingerprint density at radius 2 is 2.21 bits per heavy atom. The molecule has 6 heteroatoms. The van der Waals surface area contributed by atoms with E-state index in [-0.39, 0.29) is 10.7 Å². The van der Waals surface area contributed by atoms with E-state index in [9.17, 15) is 4.79 Å². The summed E-state index contributed by atoms with van der Waals surface area (Å²) >= 11 is 4.69. The Kier molecular flexibility index (Phi) is 1.97. The molecule has 0 aliphatic rings. The summed E-state index contributed by atoms with van der Waals surface area (Å²) in [5.74, 6) is 0. The van der Waals surface area contributed by atoms with Crippen molar-refractivity contribution in [2.75, 3.05) is 5.32 Å². The first-order valence-electron chi connectivity index (χ1n) is 3.93. The summed E-state index contributed by atoms with van der Waals surface area (Å²) in [5.41, 5.74) is 6.60. The topological polar surface area (TPSA) is 86.7 Å². The Labute approximate surface area is 84.3 Å². The third-order valence-electron chi connectivity index (χ3n) is 1.84. The van der Waals surface area contributed by atoms with Gasteiger partial charge in [0.05, 0.1) is 10.9 Å². The van der Waals surface area contributed by atoms with Crippen LogP contribution < -0.4 is 16.6 Å². The molecule has 0 amide bonds. The van der Waals surface area contributed by atoms with Crippen LogP contribution >= 0.6 is 12.2 Å². The molecule has 0 saturated carbocycles. The minimum atomic E-state index is -0.161. The van der Waals surface area contributed by atoms with Gasteiger partial charge in [0.2, 0.25) is 0 Å². The monoisotopic (exact) mass is 208 g/mol. The minimum absolute atomic E-state index is 0.161. The van der Waals surface area contributed by atoms with Gasteiger partial charge in [-0.15, -0.1) is 0 Å². The van der Waals surface area contributed by atoms with Crippen molar-refractivity contribution in [3.8, 4) is 0 Å². The van der Waals surface area contributed by atoms with Crippen LogP contribution in [0.15, 0.2) is 23.0 Å². The van der Waals surface area contributed by atoms with Crippen molar-refractivity contribution in [3.05, 3.63) is 28.6 Å². The summed E-state index contributed by atoms with van der Waals surface area (Å²) in [6.45, 7) is 0. The van der Waals surface area contributed by atoms with Gasteiger partial charge >= 0.3 is 0 Å². The first-order chi connectivity index (χ1) is 6.66. The molecule has 0 fully saturated rings. The number of hydrogen-bond acceptors (Lipinski definition) is 2. The highest BCUT2D eigenvalue weighted by molar-refractivity contribution is 7.80. The standard InChI is InChI=1S/C8H8N4OS/c9-8(14)10-4-1-2-6-5(3-4)7(13)12-11-6/h1-3H,(H3,9,10,14)(H2,11,12,13). The van der Waals surface area contributed by atoms with Gasteiger partial charge in [-0.05, 0) is 30.4 Å². The van der Waals surface area contributed by atoms with Gasteiger partial charge in [-0.25, -0.2) is 0 Å². The van der Waals surface area contributed by atoms with Gasteiger partial charge in [-0.2, -0.15) is 0 Å². The van der Waals surface area contributed by atoms with Gasteiger partial charge in [0.1, 0.15) is 0 Å². The molecule has 72 valence electrons. The smallest absolute Gasteiger partial charge is 0.271 e. The molecule has 0 unspecified atom stereocenters. The first kappa shape index (κ1) is 8.76. The molecule has 0 radical (unpaired) electrons. The summed E-state index contributed by atoms with van der Waals surface area (Å²) in [6.07, 6.45) is 0. The molecule has 5 N–H and O–H groups in total. The number of H-pyrrole nitrogens is 2. The van der Waals surface area contributed by atoms with Crippen molar-refractivity contribution >= 4 is 33.9 Å². The number of nitrogens with two attached hydrogens (primary N) is 1. The lowest BCUT2D eigenvalue weighted by molar-refractivity contribution is 1.08. The maximum Gasteiger partial charge on any atom is 0.271 e. The number of anilines is 1. The van der Waals surface area contributed by atoms with Crippen LogP contribution in [-0.4, -0.2) is 15.3 Å². The summed E-state index contributed by atoms with van der Waals surface area (Å²) in [4.78, 5) is 11.2. The first-order valence-corrected chi connectivity index (χ1v) is 4.34. The molecular weight excluding hydrogens is 200 g/mol. The van der Waals surface area contributed by atoms with Crippen LogP contribution in [0.3, 0.4) is 0 Å². The Hall–Kier alpha value is -1.82. The fourth-order valence-electron chi connectivity index (χ4n) is 1.25. The molecule has 1 aromatic heterocycles. The molecule has 0 spiro atoms. The van der Waals surface area contributed by atoms with Crippen molar-refractivity contribution in [2.24, 2.45) is 5.73 Å². The lowest BCUT2D eigenvalue weighted by Gasteiger charge is -2.01. The van der Waals surface area contributed by atoms with E-state index in [1.54, 1.807) is 18.2 Å². The molecule has 0 atom stereocenters. The molecule has 0 bridgehead atoms. The van der Waals surface area contributed by atoms with Crippen molar-refractivity contribution in [1.82, 2.24) is 10.2 Å². The third kappa shape index (κ3) is 1.47. The van der Waals surface area contributed by atoms with E-state index < -0.39 is 0 Å². The molecule has 0 aliphatic heterocycles. The maximum atomic E-state index is 11.2. The van der Waals surface area contributed by atoms with E-state index >= 15 is 0 Å². The Balaban J connectivity index is 2.54. The molecular formula is C8H8N4OS. The lowest BCUT2D eigenvalue weighted by atomic mass is 10.2. The van der Waals surface area contributed by atoms with Crippen LogP contribution in [0.1, 0.15) is 0 Å². The van der Waals surface area contributed by atoms with Gasteiger partial charge in [0.15, 0.2) is 5.11 Å². The van der Waals surface area contributed by atoms with Crippen LogP contribution in [0.4, 0.5) is 5.69 Å². The zero-order valence-corrected chi connectivity index (χ0v) is 7.94. The second-order valence-corrected chi connectivity index (χ2v) is 3.27. The number of fused-ring (bicyclic) bond motifs is 1. The number of benzene rings is 1. The van der Waals surface area contributed by atoms with E-state index in [0.29, 0.717) is 11.1 Å². The summed E-state index contributed by atoms with van der Waals surface area (Å²) < 4.78 is 0. The quantitative estimate of drug-likeness (QED) is 0.514. The predicted octanol–water partition coefficient (Wildman–Crippen LogP) is 0.512. The zero-order valence-electron chi connectivity index (χ0n) is 7.13. The molecule has 1 aromatic carbocycles. The summed E-state index contributed by atoms with van der Waals surface area (Å²) in [5, 5.41) is 8.73. The van der Waals surface area contributed by atoms with E-state index in [1.807, 2.05) is 0 Å². The Morgan fingerprint density at radius 3 is 2.93 bits per heavy atom. The molecule has 0 saturated heterocycles. The van der Waals surface area contributed by atoms with E-state index in [2.05, 4.69) is 27.7 Å². The van der Waals surface area contributed by atoms with Crippen LogP contribution in [0.5, 0.6) is 0 Å². The number of rotatable bonds is 1. The summed E-state index contributed by atoms with van der Waals surface area (Å²) in [6, 6.07) is 5.24. The maximum absolute atomic E-state index is 11.2. The lowest BCUT2D eigenvalue weighted by Crippen LogP contribution is -2.18. The van der Waals surface area contributed by atoms with Crippen molar-refractivity contribution in [2.45, 2.75) is 0 Å². The van der Waals surface area contributed by atoms with E-state index in [0.717, 1.165) is 5.52 Å². The van der Waals surface area contributed by atoms with E-state index in [1.165, 1.54) is 0 Å². The SMILES string of the molecule is NC(=S)Nc1ccc2[nH][nH]c(=O)c2c1. The Bertz CT molecular complexity index is 542. The highest BCUT2D eigenvalue weighted by Crippen LogP contribution is 2.13. The second-order valence-electron chi connectivity index (χ2n) is 2.83. The molecule has 0 aliphatic carbocycles. The average molecular weight is 208 g/mol. The predicted molar refractivity (Wildman–Crippen MR) is 59.3 cm³/mol. The molecule has 2 rings (SSSR count). The van der Waals surface area contributed by atoms with Crippen LogP contribution in [0.2, 0.25) is 0 Å². The van der Waals surface area contributed by atoms with Gasteiger partial charge in [-0.3, -0.25) is 15.0 Å². The van der Waals surface area contributed by atoms with Crippen molar-refractivity contribution in [3.63, 3.8) is 0 Å². The summed E-state index contributed by atoms with van der Waals surface area (Å²) in [7, 11) is 0. The highest BCUT2D eigenvalue weighted by Gasteiger charge is 2.01. The fourth-order valence-corrected chi connectivity index (χ4v) is 1.37. The van der Waals surface area contributed by atoms with Crippen molar-refractivity contribution in [1.29, 1.82) is 0 Å². The normalized spacial score (nSPS) is 10.3. The Morgan fingerprint density at radius 1 is 1.43 bits per heavy atom. The molecule has 5 nitrogen and oxygen atoms in total. The molecule has 14 heavy (non-hydrogen) atoms. The number of aromatic amines is 2. The minimum Gasteiger partial charge on any atom is -0.376 e. The highest BCUT2D eigenvalue weighted by atomic mass is 32.1. The van der Waals surface area contributed by atoms with Gasteiger partial charge in [0.25, 0.3) is 5.56 Å². The fraction of sp³-hybridized carbons (Fsp3) is 0. The second kappa shape index (κ2) is 3.15. The van der Waals surface area contributed by atoms with Gasteiger partial charge < -0.3 is 11.1 Å². The number of hydrogen-bond donors (Lipinski definition) is 4. The van der Waals surface area contributed by atoms with E-state index in [4.69, 9.17) is 5.73 Å². The van der Waals surface area contributed by atoms with Crippen molar-refractivity contribution < 1.29 is 0 Å². The largest absolute Gasteiger partial charge is 0.376 e. The van der Waals surface area contributed by atoms with Crippen LogP contribution in [-0.2, 0) is 0 Å². The molecule has 2 aromatic rings. The number of thiocarbonyl (C=S) groups is 1. The van der Waals surface area contributed by atoms with Crippen LogP contribution in [0, 0.1) is 0 Å². The van der Waals surface area contributed by atoms with Gasteiger partial charge in [0, 0.05) is 5.69 Å². The zero-order chi connectivity index (χ0) is 10.1. The van der Waals surface area contributed by atoms with Crippen LogP contribution in [0.25, 0.3) is 10.9 Å². The van der Waals surface area contributed by atoms with Gasteiger partial charge in [-0.1, -0.05) is 0 Å². The third-order valence-corrected chi connectivity index (χ3v) is 1.94.